The molecule has 0 radical (unpaired) electrons. The normalized spacial score (nSPS) is 16.1. The van der Waals surface area contributed by atoms with Gasteiger partial charge in [-0.3, -0.25) is 14.4 Å². The number of nitrogens with one attached hydrogen (secondary N) is 1. The van der Waals surface area contributed by atoms with Gasteiger partial charge in [0, 0.05) is 45.2 Å². The van der Waals surface area contributed by atoms with Crippen molar-refractivity contribution in [1.29, 1.82) is 0 Å². The monoisotopic (exact) mass is 663 g/mol. The van der Waals surface area contributed by atoms with Crippen molar-refractivity contribution in [2.45, 2.75) is 32.1 Å². The van der Waals surface area contributed by atoms with Crippen LogP contribution in [-0.2, 0) is 16.1 Å². The molecule has 1 fully saturated rings. The van der Waals surface area contributed by atoms with Crippen LogP contribution in [0.1, 0.15) is 23.7 Å². The zero-order valence-corrected chi connectivity index (χ0v) is 25.7. The van der Waals surface area contributed by atoms with Crippen LogP contribution >= 0.6 is 23.2 Å². The molecular formula is C33H25Cl2F2N5O4. The number of likely N-dealkylation sites (tertiary alicyclic amines) is 1. The number of benzene rings is 3. The summed E-state index contributed by atoms with van der Waals surface area (Å²) in [4.78, 5) is 48.6. The minimum atomic E-state index is -1.46. The first kappa shape index (κ1) is 31.1. The van der Waals surface area contributed by atoms with Gasteiger partial charge in [0.05, 0.1) is 29.6 Å². The van der Waals surface area contributed by atoms with Gasteiger partial charge in [0.1, 0.15) is 24.5 Å². The predicted octanol–water partition coefficient (Wildman–Crippen LogP) is 7.12. The number of rotatable bonds is 8. The summed E-state index contributed by atoms with van der Waals surface area (Å²) in [6, 6.07) is 15.0. The fourth-order valence-electron chi connectivity index (χ4n) is 5.49. The van der Waals surface area contributed by atoms with E-state index in [0.29, 0.717) is 37.8 Å². The topological polar surface area (TPSA) is 106 Å². The summed E-state index contributed by atoms with van der Waals surface area (Å²) in [5.74, 6) is -1.88. The molecule has 13 heteroatoms. The van der Waals surface area contributed by atoms with Crippen molar-refractivity contribution in [1.82, 2.24) is 19.4 Å². The Hall–Kier alpha value is -4.87. The number of ketones is 1. The Balaban J connectivity index is 1.22. The van der Waals surface area contributed by atoms with E-state index in [-0.39, 0.29) is 42.6 Å². The zero-order valence-electron chi connectivity index (χ0n) is 24.2. The third-order valence-electron chi connectivity index (χ3n) is 7.64. The Morgan fingerprint density at radius 3 is 2.50 bits per heavy atom. The third-order valence-corrected chi connectivity index (χ3v) is 8.16. The molecule has 46 heavy (non-hydrogen) atoms. The standard InChI is InChI=1S/C33H25Cl2F2N5O4/c1-18(43)25-16-41(28-10-9-21(12-24(25)28)46-33-38-13-19(34)14-39-33)17-30(44)42-15-20(36)11-29(42)32(45)40-27-8-4-6-23(31(27)37)22-5-2-3-7-26(22)35/h2-10,12-14,16,20,29H,11,15,17H2,1H3,(H,40,45)/t20-,29+/m1/s1. The number of amides is 2. The quantitative estimate of drug-likeness (QED) is 0.177. The van der Waals surface area contributed by atoms with Crippen LogP contribution in [0.3, 0.4) is 0 Å². The highest BCUT2D eigenvalue weighted by atomic mass is 35.5. The number of nitrogens with zero attached hydrogens (tertiary/aromatic N) is 4. The van der Waals surface area contributed by atoms with Crippen LogP contribution in [0.5, 0.6) is 11.8 Å². The predicted molar refractivity (Wildman–Crippen MR) is 170 cm³/mol. The maximum Gasteiger partial charge on any atom is 0.321 e. The van der Waals surface area contributed by atoms with E-state index < -0.39 is 29.8 Å². The largest absolute Gasteiger partial charge is 0.424 e. The Morgan fingerprint density at radius 2 is 1.76 bits per heavy atom. The van der Waals surface area contributed by atoms with E-state index in [4.69, 9.17) is 27.9 Å². The van der Waals surface area contributed by atoms with Crippen molar-refractivity contribution in [2.75, 3.05) is 11.9 Å². The van der Waals surface area contributed by atoms with Crippen LogP contribution in [0.2, 0.25) is 10.0 Å². The first-order valence-electron chi connectivity index (χ1n) is 14.2. The third kappa shape index (κ3) is 6.29. The van der Waals surface area contributed by atoms with Crippen LogP contribution in [-0.4, -0.2) is 55.8 Å². The lowest BCUT2D eigenvalue weighted by atomic mass is 10.0. The second-order valence-corrected chi connectivity index (χ2v) is 11.6. The average Bonchev–Trinajstić information content (AvgIpc) is 3.60. The van der Waals surface area contributed by atoms with Crippen LogP contribution in [0, 0.1) is 5.82 Å². The lowest BCUT2D eigenvalue weighted by Gasteiger charge is -2.24. The number of fused-ring (bicyclic) bond motifs is 1. The van der Waals surface area contributed by atoms with E-state index in [1.165, 1.54) is 37.6 Å². The van der Waals surface area contributed by atoms with Gasteiger partial charge in [-0.2, -0.15) is 0 Å². The van der Waals surface area contributed by atoms with Gasteiger partial charge in [-0.05, 0) is 37.3 Å². The Labute approximate surface area is 271 Å². The fourth-order valence-corrected chi connectivity index (χ4v) is 5.82. The van der Waals surface area contributed by atoms with E-state index in [1.54, 1.807) is 53.1 Å². The van der Waals surface area contributed by atoms with Crippen molar-refractivity contribution >= 4 is 57.4 Å². The smallest absolute Gasteiger partial charge is 0.321 e. The van der Waals surface area contributed by atoms with Crippen molar-refractivity contribution in [2.24, 2.45) is 0 Å². The first-order chi connectivity index (χ1) is 22.1. The molecule has 2 aromatic heterocycles. The molecule has 5 aromatic rings. The van der Waals surface area contributed by atoms with E-state index in [0.717, 1.165) is 4.90 Å². The molecule has 6 rings (SSSR count). The number of alkyl halides is 1. The second kappa shape index (κ2) is 12.9. The highest BCUT2D eigenvalue weighted by molar-refractivity contribution is 6.33. The summed E-state index contributed by atoms with van der Waals surface area (Å²) in [7, 11) is 0. The molecule has 0 bridgehead atoms. The summed E-state index contributed by atoms with van der Waals surface area (Å²) < 4.78 is 37.5. The molecule has 1 aliphatic heterocycles. The Kier molecular flexibility index (Phi) is 8.70. The molecule has 3 aromatic carbocycles. The maximum absolute atomic E-state index is 15.5. The summed E-state index contributed by atoms with van der Waals surface area (Å²) >= 11 is 12.1. The maximum atomic E-state index is 15.5. The number of carbonyl (C=O) groups is 3. The van der Waals surface area contributed by atoms with E-state index in [2.05, 4.69) is 15.3 Å². The molecule has 9 nitrogen and oxygen atoms in total. The lowest BCUT2D eigenvalue weighted by Crippen LogP contribution is -2.44. The molecule has 1 saturated heterocycles. The molecule has 1 N–H and O–H groups in total. The van der Waals surface area contributed by atoms with Crippen LogP contribution < -0.4 is 10.1 Å². The highest BCUT2D eigenvalue weighted by Gasteiger charge is 2.40. The summed E-state index contributed by atoms with van der Waals surface area (Å²) in [6.07, 6.45) is 2.59. The molecule has 0 aliphatic carbocycles. The average molecular weight is 664 g/mol. The van der Waals surface area contributed by atoms with Gasteiger partial charge in [0.25, 0.3) is 0 Å². The number of aromatic nitrogens is 3. The van der Waals surface area contributed by atoms with Gasteiger partial charge in [0.2, 0.25) is 11.8 Å². The number of ether oxygens (including phenoxy) is 1. The highest BCUT2D eigenvalue weighted by Crippen LogP contribution is 2.34. The molecule has 0 saturated carbocycles. The van der Waals surface area contributed by atoms with Crippen LogP contribution in [0.15, 0.2) is 79.3 Å². The van der Waals surface area contributed by atoms with Gasteiger partial charge in [-0.25, -0.2) is 18.7 Å². The number of hydrogen-bond acceptors (Lipinski definition) is 6. The lowest BCUT2D eigenvalue weighted by molar-refractivity contribution is -0.137. The minimum absolute atomic E-state index is 0.0531. The SMILES string of the molecule is CC(=O)c1cn(CC(=O)N2C[C@H](F)C[C@H]2C(=O)Nc2cccc(-c3ccccc3Cl)c2F)c2ccc(Oc3ncc(Cl)cn3)cc12. The fraction of sp³-hybridized carbons (Fsp3) is 0.182. The van der Waals surface area contributed by atoms with E-state index in [9.17, 15) is 18.8 Å². The number of carbonyl (C=O) groups excluding carboxylic acids is 3. The molecular weight excluding hydrogens is 639 g/mol. The molecule has 2 atom stereocenters. The Bertz CT molecular complexity index is 1990. The number of anilines is 1. The van der Waals surface area contributed by atoms with Crippen molar-refractivity contribution < 1.29 is 27.9 Å². The molecule has 1 aliphatic rings. The summed E-state index contributed by atoms with van der Waals surface area (Å²) in [5, 5.41) is 3.72. The second-order valence-electron chi connectivity index (χ2n) is 10.7. The van der Waals surface area contributed by atoms with Crippen LogP contribution in [0.25, 0.3) is 22.0 Å². The van der Waals surface area contributed by atoms with Gasteiger partial charge < -0.3 is 19.5 Å². The molecule has 3 heterocycles. The zero-order chi connectivity index (χ0) is 32.5. The summed E-state index contributed by atoms with van der Waals surface area (Å²) in [6.45, 7) is 0.805. The minimum Gasteiger partial charge on any atom is -0.424 e. The van der Waals surface area contributed by atoms with Gasteiger partial charge in [0.15, 0.2) is 11.6 Å². The van der Waals surface area contributed by atoms with Crippen LogP contribution in [0.4, 0.5) is 14.5 Å². The van der Waals surface area contributed by atoms with Crippen molar-refractivity contribution in [3.05, 3.63) is 101 Å². The van der Waals surface area contributed by atoms with E-state index in [1.807, 2.05) is 0 Å². The van der Waals surface area contributed by atoms with Gasteiger partial charge in [-0.1, -0.05) is 53.5 Å². The Morgan fingerprint density at radius 1 is 1.02 bits per heavy atom. The number of halogens is 4. The molecule has 0 unspecified atom stereocenters. The number of Topliss-reactive ketones (excluding diaryl/α,β-unsaturated/α-hetero) is 1. The van der Waals surface area contributed by atoms with Crippen molar-refractivity contribution in [3.8, 4) is 22.9 Å². The van der Waals surface area contributed by atoms with Gasteiger partial charge >= 0.3 is 6.01 Å². The molecule has 2 amide bonds. The summed E-state index contributed by atoms with van der Waals surface area (Å²) in [5.41, 5.74) is 1.37. The van der Waals surface area contributed by atoms with Gasteiger partial charge in [-0.15, -0.1) is 0 Å². The molecule has 234 valence electrons. The number of hydrogen-bond donors (Lipinski definition) is 1. The van der Waals surface area contributed by atoms with Crippen molar-refractivity contribution in [3.63, 3.8) is 0 Å². The first-order valence-corrected chi connectivity index (χ1v) is 14.9. The van der Waals surface area contributed by atoms with E-state index >= 15 is 4.39 Å². The molecule has 0 spiro atoms.